The first kappa shape index (κ1) is 14.8. The molecule has 0 radical (unpaired) electrons. The number of carboxylic acid groups (broad SMARTS) is 1. The van der Waals surface area contributed by atoms with Crippen LogP contribution in [0.25, 0.3) is 0 Å². The van der Waals surface area contributed by atoms with Gasteiger partial charge in [0.2, 0.25) is 0 Å². The van der Waals surface area contributed by atoms with Gasteiger partial charge in [-0.05, 0) is 25.2 Å². The van der Waals surface area contributed by atoms with E-state index in [-0.39, 0.29) is 18.0 Å². The lowest BCUT2D eigenvalue weighted by atomic mass is 9.70. The molecule has 0 aromatic rings. The molecule has 1 atom stereocenters. The molecule has 2 amide bonds. The Kier molecular flexibility index (Phi) is 4.56. The predicted octanol–water partition coefficient (Wildman–Crippen LogP) is 0.701. The Morgan fingerprint density at radius 1 is 1.33 bits per heavy atom. The molecular formula is C12H22N2O4. The highest BCUT2D eigenvalue weighted by Crippen LogP contribution is 2.39. The fourth-order valence-corrected chi connectivity index (χ4v) is 1.97. The average molecular weight is 258 g/mol. The normalized spacial score (nSPS) is 20.4. The van der Waals surface area contributed by atoms with Gasteiger partial charge in [-0.1, -0.05) is 13.3 Å². The number of aliphatic carboxylic acids is 1. The largest absolute Gasteiger partial charge is 0.481 e. The molecule has 0 spiro atoms. The summed E-state index contributed by atoms with van der Waals surface area (Å²) in [6.45, 7) is 4.04. The molecule has 18 heavy (non-hydrogen) atoms. The monoisotopic (exact) mass is 258 g/mol. The molecule has 0 bridgehead atoms. The topological polar surface area (TPSA) is 98.7 Å². The Morgan fingerprint density at radius 2 is 1.94 bits per heavy atom. The van der Waals surface area contributed by atoms with Crippen LogP contribution in [0.5, 0.6) is 0 Å². The summed E-state index contributed by atoms with van der Waals surface area (Å²) in [6, 6.07) is -0.367. The second-order valence-corrected chi connectivity index (χ2v) is 5.77. The van der Waals surface area contributed by atoms with E-state index >= 15 is 0 Å². The van der Waals surface area contributed by atoms with Gasteiger partial charge in [0.1, 0.15) is 0 Å². The van der Waals surface area contributed by atoms with E-state index in [1.165, 1.54) is 13.3 Å². The van der Waals surface area contributed by atoms with Crippen molar-refractivity contribution in [1.82, 2.24) is 10.6 Å². The molecule has 1 aliphatic rings. The number of nitrogens with one attached hydrogen (secondary N) is 2. The highest BCUT2D eigenvalue weighted by molar-refractivity contribution is 5.74. The lowest BCUT2D eigenvalue weighted by molar-refractivity contribution is -0.141. The van der Waals surface area contributed by atoms with Crippen molar-refractivity contribution in [3.05, 3.63) is 0 Å². The number of urea groups is 1. The van der Waals surface area contributed by atoms with E-state index in [4.69, 9.17) is 5.11 Å². The summed E-state index contributed by atoms with van der Waals surface area (Å²) in [5.41, 5.74) is -1.23. The quantitative estimate of drug-likeness (QED) is 0.563. The van der Waals surface area contributed by atoms with Crippen LogP contribution in [0.1, 0.15) is 39.5 Å². The van der Waals surface area contributed by atoms with Gasteiger partial charge in [-0.25, -0.2) is 4.79 Å². The molecule has 1 saturated carbocycles. The van der Waals surface area contributed by atoms with Crippen LogP contribution in [0.2, 0.25) is 0 Å². The van der Waals surface area contributed by atoms with E-state index in [0.29, 0.717) is 6.54 Å². The zero-order valence-electron chi connectivity index (χ0n) is 11.0. The maximum atomic E-state index is 11.5. The summed E-state index contributed by atoms with van der Waals surface area (Å²) in [7, 11) is 0. The van der Waals surface area contributed by atoms with Crippen molar-refractivity contribution >= 4 is 12.0 Å². The van der Waals surface area contributed by atoms with E-state index in [1.54, 1.807) is 0 Å². The number of amides is 2. The summed E-state index contributed by atoms with van der Waals surface area (Å²) >= 11 is 0. The summed E-state index contributed by atoms with van der Waals surface area (Å²) in [4.78, 5) is 22.0. The third kappa shape index (κ3) is 4.91. The SMILES string of the molecule is CC(O)(CNC(=O)NCC1(C)CCC1)CC(=O)O. The number of aliphatic hydroxyl groups is 1. The van der Waals surface area contributed by atoms with Crippen molar-refractivity contribution in [1.29, 1.82) is 0 Å². The van der Waals surface area contributed by atoms with E-state index in [9.17, 15) is 14.7 Å². The van der Waals surface area contributed by atoms with E-state index < -0.39 is 18.0 Å². The summed E-state index contributed by atoms with van der Waals surface area (Å²) in [6.07, 6.45) is 3.03. The van der Waals surface area contributed by atoms with E-state index in [1.807, 2.05) is 0 Å². The lowest BCUT2D eigenvalue weighted by Gasteiger charge is -2.38. The van der Waals surface area contributed by atoms with Crippen LogP contribution in [0.15, 0.2) is 0 Å². The Labute approximate surface area is 107 Å². The Bertz CT molecular complexity index is 324. The number of hydrogen-bond acceptors (Lipinski definition) is 3. The Balaban J connectivity index is 2.21. The minimum atomic E-state index is -1.43. The van der Waals surface area contributed by atoms with Crippen molar-refractivity contribution in [3.63, 3.8) is 0 Å². The molecule has 0 aromatic carbocycles. The van der Waals surface area contributed by atoms with Crippen molar-refractivity contribution in [2.45, 2.75) is 45.1 Å². The molecule has 0 saturated heterocycles. The number of carbonyl (C=O) groups excluding carboxylic acids is 1. The van der Waals surface area contributed by atoms with Crippen molar-refractivity contribution in [3.8, 4) is 0 Å². The fourth-order valence-electron chi connectivity index (χ4n) is 1.97. The molecule has 1 rings (SSSR count). The van der Waals surface area contributed by atoms with Gasteiger partial charge in [-0.15, -0.1) is 0 Å². The smallest absolute Gasteiger partial charge is 0.314 e. The van der Waals surface area contributed by atoms with Crippen molar-refractivity contribution in [2.75, 3.05) is 13.1 Å². The average Bonchev–Trinajstić information content (AvgIpc) is 2.19. The molecule has 0 heterocycles. The van der Waals surface area contributed by atoms with Gasteiger partial charge in [0, 0.05) is 13.1 Å². The molecule has 104 valence electrons. The molecule has 4 N–H and O–H groups in total. The van der Waals surface area contributed by atoms with Gasteiger partial charge in [-0.3, -0.25) is 4.79 Å². The predicted molar refractivity (Wildman–Crippen MR) is 66.2 cm³/mol. The number of carbonyl (C=O) groups is 2. The molecule has 6 nitrogen and oxygen atoms in total. The number of rotatable bonds is 6. The van der Waals surface area contributed by atoms with Crippen LogP contribution < -0.4 is 10.6 Å². The first-order valence-electron chi connectivity index (χ1n) is 6.18. The van der Waals surface area contributed by atoms with E-state index in [0.717, 1.165) is 12.8 Å². The summed E-state index contributed by atoms with van der Waals surface area (Å²) < 4.78 is 0. The minimum absolute atomic E-state index is 0.0815. The van der Waals surface area contributed by atoms with Gasteiger partial charge in [0.25, 0.3) is 0 Å². The summed E-state index contributed by atoms with van der Waals surface area (Å²) in [5.74, 6) is -1.09. The van der Waals surface area contributed by atoms with Crippen molar-refractivity contribution < 1.29 is 19.8 Å². The highest BCUT2D eigenvalue weighted by Gasteiger charge is 2.32. The van der Waals surface area contributed by atoms with Crippen molar-refractivity contribution in [2.24, 2.45) is 5.41 Å². The van der Waals surface area contributed by atoms with Gasteiger partial charge >= 0.3 is 12.0 Å². The molecule has 0 aliphatic heterocycles. The highest BCUT2D eigenvalue weighted by atomic mass is 16.4. The summed E-state index contributed by atoms with van der Waals surface area (Å²) in [5, 5.41) is 23.5. The number of hydrogen-bond donors (Lipinski definition) is 4. The molecule has 6 heteroatoms. The molecule has 1 aliphatic carbocycles. The van der Waals surface area contributed by atoms with Gasteiger partial charge < -0.3 is 20.8 Å². The standard InChI is InChI=1S/C12H22N2O4/c1-11(4-3-5-11)7-13-10(17)14-8-12(2,18)6-9(15)16/h18H,3-8H2,1-2H3,(H,15,16)(H2,13,14,17). The third-order valence-corrected chi connectivity index (χ3v) is 3.40. The van der Waals surface area contributed by atoms with Crippen LogP contribution in [0.3, 0.4) is 0 Å². The first-order valence-corrected chi connectivity index (χ1v) is 6.18. The second kappa shape index (κ2) is 5.56. The van der Waals surface area contributed by atoms with Gasteiger partial charge in [-0.2, -0.15) is 0 Å². The molecule has 1 unspecified atom stereocenters. The zero-order chi connectivity index (χ0) is 13.8. The third-order valence-electron chi connectivity index (χ3n) is 3.40. The first-order chi connectivity index (χ1) is 8.22. The Morgan fingerprint density at radius 3 is 2.39 bits per heavy atom. The van der Waals surface area contributed by atoms with E-state index in [2.05, 4.69) is 17.6 Å². The molecule has 0 aromatic heterocycles. The zero-order valence-corrected chi connectivity index (χ0v) is 11.0. The number of carboxylic acids is 1. The van der Waals surface area contributed by atoms with Gasteiger partial charge in [0.15, 0.2) is 0 Å². The fraction of sp³-hybridized carbons (Fsp3) is 0.833. The maximum absolute atomic E-state index is 11.5. The Hall–Kier alpha value is -1.30. The van der Waals surface area contributed by atoms with Crippen LogP contribution in [0, 0.1) is 5.41 Å². The van der Waals surface area contributed by atoms with Crippen LogP contribution in [-0.2, 0) is 4.79 Å². The van der Waals surface area contributed by atoms with Crippen LogP contribution in [0.4, 0.5) is 4.79 Å². The minimum Gasteiger partial charge on any atom is -0.481 e. The molecular weight excluding hydrogens is 236 g/mol. The molecule has 1 fully saturated rings. The second-order valence-electron chi connectivity index (χ2n) is 5.77. The van der Waals surface area contributed by atoms with Crippen LogP contribution >= 0.6 is 0 Å². The maximum Gasteiger partial charge on any atom is 0.314 e. The van der Waals surface area contributed by atoms with Gasteiger partial charge in [0.05, 0.1) is 12.0 Å². The van der Waals surface area contributed by atoms with Crippen LogP contribution in [-0.4, -0.2) is 40.9 Å². The lowest BCUT2D eigenvalue weighted by Crippen LogP contribution is -2.48.